The van der Waals surface area contributed by atoms with Gasteiger partial charge in [-0.05, 0) is 12.5 Å². The fourth-order valence-corrected chi connectivity index (χ4v) is 1.54. The second-order valence-corrected chi connectivity index (χ2v) is 2.95. The molecule has 0 aromatic rings. The Bertz CT molecular complexity index is 192. The zero-order valence-corrected chi connectivity index (χ0v) is 7.52. The van der Waals surface area contributed by atoms with Crippen LogP contribution >= 0.6 is 0 Å². The third-order valence-corrected chi connectivity index (χ3v) is 2.15. The van der Waals surface area contributed by atoms with Crippen LogP contribution in [-0.2, 0) is 0 Å². The fourth-order valence-electron chi connectivity index (χ4n) is 1.54. The predicted molar refractivity (Wildman–Crippen MR) is 49.1 cm³/mol. The van der Waals surface area contributed by atoms with E-state index in [1.807, 2.05) is 7.05 Å². The first-order chi connectivity index (χ1) is 5.29. The number of hydrogen-bond acceptors (Lipinski definition) is 2. The summed E-state index contributed by atoms with van der Waals surface area (Å²) in [5, 5.41) is 3.35. The molecular formula is C9H16N2. The summed E-state index contributed by atoms with van der Waals surface area (Å²) in [6.45, 7) is 6.32. The zero-order chi connectivity index (χ0) is 8.27. The van der Waals surface area contributed by atoms with Crippen molar-refractivity contribution in [1.29, 1.82) is 0 Å². The van der Waals surface area contributed by atoms with Crippen molar-refractivity contribution in [2.45, 2.75) is 13.8 Å². The van der Waals surface area contributed by atoms with Crippen LogP contribution in [0.15, 0.2) is 16.6 Å². The van der Waals surface area contributed by atoms with Crippen molar-refractivity contribution in [3.63, 3.8) is 0 Å². The first-order valence-corrected chi connectivity index (χ1v) is 4.12. The number of nitrogens with zero attached hydrogens (tertiary/aromatic N) is 1. The molecule has 1 aliphatic heterocycles. The van der Waals surface area contributed by atoms with Crippen LogP contribution in [0.1, 0.15) is 13.8 Å². The first kappa shape index (κ1) is 8.47. The minimum atomic E-state index is 0.569. The normalized spacial score (nSPS) is 33.2. The second kappa shape index (κ2) is 3.67. The fraction of sp³-hybridized carbons (Fsp3) is 0.667. The van der Waals surface area contributed by atoms with E-state index < -0.39 is 0 Å². The molecule has 0 aromatic heterocycles. The molecule has 62 valence electrons. The van der Waals surface area contributed by atoms with Crippen molar-refractivity contribution in [3.05, 3.63) is 11.6 Å². The lowest BCUT2D eigenvalue weighted by Crippen LogP contribution is -2.37. The third kappa shape index (κ3) is 1.69. The number of piperidine rings is 1. The maximum Gasteiger partial charge on any atom is 0.0427 e. The van der Waals surface area contributed by atoms with E-state index in [0.717, 1.165) is 13.1 Å². The molecule has 2 heteroatoms. The van der Waals surface area contributed by atoms with Gasteiger partial charge in [0.05, 0.1) is 0 Å². The summed E-state index contributed by atoms with van der Waals surface area (Å²) in [6.07, 6.45) is 2.14. The molecule has 11 heavy (non-hydrogen) atoms. The van der Waals surface area contributed by atoms with Crippen LogP contribution in [0.2, 0.25) is 0 Å². The van der Waals surface area contributed by atoms with Crippen molar-refractivity contribution in [1.82, 2.24) is 5.32 Å². The maximum absolute atomic E-state index is 4.29. The summed E-state index contributed by atoms with van der Waals surface area (Å²) in [6, 6.07) is 0. The summed E-state index contributed by atoms with van der Waals surface area (Å²) in [5.74, 6) is 0.569. The minimum Gasteiger partial charge on any atom is -0.312 e. The standard InChI is InChI=1S/C9H16N2/c1-4-8-6-11-5-7(2)9(8)10-3/h4,7,11H,5-6H2,1-3H3/b8-4-,10-9?. The van der Waals surface area contributed by atoms with E-state index in [2.05, 4.69) is 30.2 Å². The highest BCUT2D eigenvalue weighted by Crippen LogP contribution is 2.11. The molecule has 1 N–H and O–H groups in total. The summed E-state index contributed by atoms with van der Waals surface area (Å²) < 4.78 is 0. The minimum absolute atomic E-state index is 0.569. The molecule has 0 saturated carbocycles. The van der Waals surface area contributed by atoms with E-state index in [0.29, 0.717) is 5.92 Å². The number of aliphatic imine (C=N–C) groups is 1. The van der Waals surface area contributed by atoms with Gasteiger partial charge in [-0.1, -0.05) is 13.0 Å². The van der Waals surface area contributed by atoms with Crippen LogP contribution in [0.4, 0.5) is 0 Å². The van der Waals surface area contributed by atoms with Crippen molar-refractivity contribution in [3.8, 4) is 0 Å². The van der Waals surface area contributed by atoms with Gasteiger partial charge in [0.2, 0.25) is 0 Å². The molecular weight excluding hydrogens is 136 g/mol. The lowest BCUT2D eigenvalue weighted by Gasteiger charge is -2.24. The molecule has 2 nitrogen and oxygen atoms in total. The molecule has 1 fully saturated rings. The Morgan fingerprint density at radius 3 is 2.82 bits per heavy atom. The molecule has 1 atom stereocenters. The smallest absolute Gasteiger partial charge is 0.0427 e. The molecule has 0 aromatic carbocycles. The molecule has 1 saturated heterocycles. The van der Waals surface area contributed by atoms with Gasteiger partial charge in [-0.15, -0.1) is 0 Å². The summed E-state index contributed by atoms with van der Waals surface area (Å²) in [7, 11) is 1.88. The summed E-state index contributed by atoms with van der Waals surface area (Å²) in [4.78, 5) is 4.29. The van der Waals surface area contributed by atoms with Gasteiger partial charge in [0.15, 0.2) is 0 Å². The van der Waals surface area contributed by atoms with Gasteiger partial charge < -0.3 is 5.32 Å². The molecule has 1 heterocycles. The highest BCUT2D eigenvalue weighted by Gasteiger charge is 2.18. The molecule has 1 aliphatic rings. The van der Waals surface area contributed by atoms with Gasteiger partial charge in [-0.25, -0.2) is 0 Å². The van der Waals surface area contributed by atoms with Gasteiger partial charge in [0.1, 0.15) is 0 Å². The van der Waals surface area contributed by atoms with Gasteiger partial charge in [0.25, 0.3) is 0 Å². The summed E-state index contributed by atoms with van der Waals surface area (Å²) >= 11 is 0. The lowest BCUT2D eigenvalue weighted by atomic mass is 9.94. The lowest BCUT2D eigenvalue weighted by molar-refractivity contribution is 0.615. The highest BCUT2D eigenvalue weighted by molar-refractivity contribution is 6.02. The van der Waals surface area contributed by atoms with Crippen LogP contribution in [0.3, 0.4) is 0 Å². The van der Waals surface area contributed by atoms with E-state index >= 15 is 0 Å². The van der Waals surface area contributed by atoms with Crippen molar-refractivity contribution >= 4 is 5.71 Å². The van der Waals surface area contributed by atoms with Crippen LogP contribution in [0.25, 0.3) is 0 Å². The Balaban J connectivity index is 2.81. The molecule has 1 rings (SSSR count). The van der Waals surface area contributed by atoms with Gasteiger partial charge >= 0.3 is 0 Å². The van der Waals surface area contributed by atoms with Crippen LogP contribution in [0, 0.1) is 5.92 Å². The number of hydrogen-bond donors (Lipinski definition) is 1. The highest BCUT2D eigenvalue weighted by atomic mass is 14.9. The Hall–Kier alpha value is -0.630. The van der Waals surface area contributed by atoms with Gasteiger partial charge in [-0.2, -0.15) is 0 Å². The Labute approximate surface area is 68.4 Å². The van der Waals surface area contributed by atoms with Gasteiger partial charge in [0, 0.05) is 31.8 Å². The van der Waals surface area contributed by atoms with Crippen LogP contribution in [0.5, 0.6) is 0 Å². The SMILES string of the molecule is C/C=C1/CNCC(C)C1=NC. The van der Waals surface area contributed by atoms with Crippen LogP contribution < -0.4 is 5.32 Å². The molecule has 1 unspecified atom stereocenters. The average molecular weight is 152 g/mol. The van der Waals surface area contributed by atoms with Crippen molar-refractivity contribution in [2.75, 3.05) is 20.1 Å². The van der Waals surface area contributed by atoms with Crippen LogP contribution in [-0.4, -0.2) is 25.8 Å². The monoisotopic (exact) mass is 152 g/mol. The number of rotatable bonds is 0. The van der Waals surface area contributed by atoms with E-state index in [9.17, 15) is 0 Å². The Morgan fingerprint density at radius 2 is 2.36 bits per heavy atom. The maximum atomic E-state index is 4.29. The predicted octanol–water partition coefficient (Wildman–Crippen LogP) is 1.24. The number of nitrogens with one attached hydrogen (secondary N) is 1. The van der Waals surface area contributed by atoms with E-state index in [-0.39, 0.29) is 0 Å². The summed E-state index contributed by atoms with van der Waals surface area (Å²) in [5.41, 5.74) is 2.62. The molecule has 0 bridgehead atoms. The molecule has 0 amide bonds. The van der Waals surface area contributed by atoms with E-state index in [4.69, 9.17) is 0 Å². The Morgan fingerprint density at radius 1 is 1.64 bits per heavy atom. The molecule has 0 spiro atoms. The quantitative estimate of drug-likeness (QED) is 0.555. The number of allylic oxidation sites excluding steroid dienone is 1. The molecule has 0 radical (unpaired) electrons. The van der Waals surface area contributed by atoms with E-state index in [1.165, 1.54) is 11.3 Å². The zero-order valence-electron chi connectivity index (χ0n) is 7.52. The van der Waals surface area contributed by atoms with Crippen molar-refractivity contribution in [2.24, 2.45) is 10.9 Å². The Kier molecular flexibility index (Phi) is 2.83. The third-order valence-electron chi connectivity index (χ3n) is 2.15. The van der Waals surface area contributed by atoms with Gasteiger partial charge in [-0.3, -0.25) is 4.99 Å². The first-order valence-electron chi connectivity index (χ1n) is 4.12. The average Bonchev–Trinajstić information content (AvgIpc) is 2.04. The largest absolute Gasteiger partial charge is 0.312 e. The molecule has 0 aliphatic carbocycles. The topological polar surface area (TPSA) is 24.4 Å². The second-order valence-electron chi connectivity index (χ2n) is 2.95. The van der Waals surface area contributed by atoms with E-state index in [1.54, 1.807) is 0 Å². The van der Waals surface area contributed by atoms with Crippen molar-refractivity contribution < 1.29 is 0 Å².